The number of aliphatic carboxylic acids is 2. The molecule has 1 aromatic carbocycles. The van der Waals surface area contributed by atoms with Crippen LogP contribution in [-0.2, 0) is 16.1 Å². The maximum Gasteiger partial charge on any atom is 0.325 e. The first-order chi connectivity index (χ1) is 15.4. The molecule has 0 radical (unpaired) electrons. The second-order valence-electron chi connectivity index (χ2n) is 7.75. The fraction of sp³-hybridized carbons (Fsp3) is 0.364. The molecule has 2 aromatic heterocycles. The molecule has 1 atom stereocenters. The molecule has 1 saturated heterocycles. The lowest BCUT2D eigenvalue weighted by Gasteiger charge is -2.27. The summed E-state index contributed by atoms with van der Waals surface area (Å²) in [5, 5.41) is 19.8. The number of hydrogen-bond donors (Lipinski definition) is 2. The number of carboxylic acids is 2. The average Bonchev–Trinajstić information content (AvgIpc) is 2.94. The van der Waals surface area contributed by atoms with Crippen LogP contribution in [0.2, 0.25) is 0 Å². The van der Waals surface area contributed by atoms with Gasteiger partial charge in [-0.2, -0.15) is 0 Å². The number of carboxylic acid groups (broad SMARTS) is 2. The van der Waals surface area contributed by atoms with Crippen LogP contribution in [0, 0.1) is 5.82 Å². The van der Waals surface area contributed by atoms with E-state index in [1.807, 2.05) is 9.80 Å². The van der Waals surface area contributed by atoms with Gasteiger partial charge in [0.25, 0.3) is 0 Å². The normalized spacial score (nSPS) is 16.1. The molecule has 4 rings (SSSR count). The van der Waals surface area contributed by atoms with E-state index in [4.69, 9.17) is 5.11 Å². The number of aromatic nitrogens is 3. The Kier molecular flexibility index (Phi) is 6.31. The van der Waals surface area contributed by atoms with Gasteiger partial charge in [0.15, 0.2) is 0 Å². The van der Waals surface area contributed by atoms with Crippen LogP contribution in [0.15, 0.2) is 42.9 Å². The van der Waals surface area contributed by atoms with Gasteiger partial charge in [-0.25, -0.2) is 14.4 Å². The van der Waals surface area contributed by atoms with Gasteiger partial charge in [0.05, 0.1) is 11.9 Å². The van der Waals surface area contributed by atoms with E-state index in [9.17, 15) is 19.1 Å². The van der Waals surface area contributed by atoms with Gasteiger partial charge in [0, 0.05) is 62.3 Å². The highest BCUT2D eigenvalue weighted by molar-refractivity contribution is 5.90. The average molecular weight is 441 g/mol. The van der Waals surface area contributed by atoms with Crippen molar-refractivity contribution in [3.63, 3.8) is 0 Å². The molecule has 1 aliphatic rings. The lowest BCUT2D eigenvalue weighted by atomic mass is 10.0. The van der Waals surface area contributed by atoms with Crippen molar-refractivity contribution in [2.24, 2.45) is 0 Å². The third-order valence-corrected chi connectivity index (χ3v) is 5.70. The molecule has 1 aliphatic heterocycles. The zero-order valence-corrected chi connectivity index (χ0v) is 17.4. The standard InChI is InChI=1S/C22H24FN5O4/c23-15-3-4-16-17(14-28(18(16)13-15)10-5-19(29)30)20(21(31)32)26-8-2-9-27(12-11-26)22-24-6-1-7-25-22/h1,3-4,6-7,13-14,20H,2,5,8-12H2,(H,29,30)(H,31,32). The molecule has 1 unspecified atom stereocenters. The van der Waals surface area contributed by atoms with E-state index in [1.54, 1.807) is 35.3 Å². The quantitative estimate of drug-likeness (QED) is 0.575. The Morgan fingerprint density at radius 1 is 1.09 bits per heavy atom. The predicted molar refractivity (Wildman–Crippen MR) is 115 cm³/mol. The molecular formula is C22H24FN5O4. The molecule has 0 aliphatic carbocycles. The molecule has 3 aromatic rings. The van der Waals surface area contributed by atoms with Gasteiger partial charge in [-0.3, -0.25) is 14.5 Å². The van der Waals surface area contributed by atoms with Crippen molar-refractivity contribution in [1.82, 2.24) is 19.4 Å². The van der Waals surface area contributed by atoms with E-state index in [-0.39, 0.29) is 13.0 Å². The highest BCUT2D eigenvalue weighted by atomic mass is 19.1. The summed E-state index contributed by atoms with van der Waals surface area (Å²) in [6.07, 6.45) is 5.59. The maximum absolute atomic E-state index is 13.9. The van der Waals surface area contributed by atoms with Gasteiger partial charge in [0.1, 0.15) is 11.9 Å². The summed E-state index contributed by atoms with van der Waals surface area (Å²) in [5.41, 5.74) is 1.02. The molecule has 0 bridgehead atoms. The van der Waals surface area contributed by atoms with Gasteiger partial charge in [-0.1, -0.05) is 0 Å². The van der Waals surface area contributed by atoms with Gasteiger partial charge in [-0.15, -0.1) is 0 Å². The lowest BCUT2D eigenvalue weighted by Crippen LogP contribution is -2.37. The second kappa shape index (κ2) is 9.31. The Balaban J connectivity index is 1.65. The number of rotatable bonds is 7. The number of carbonyl (C=O) groups is 2. The van der Waals surface area contributed by atoms with Gasteiger partial charge >= 0.3 is 11.9 Å². The molecule has 168 valence electrons. The van der Waals surface area contributed by atoms with Crippen molar-refractivity contribution in [3.05, 3.63) is 54.2 Å². The lowest BCUT2D eigenvalue weighted by molar-refractivity contribution is -0.143. The Hall–Kier alpha value is -3.53. The first-order valence-corrected chi connectivity index (χ1v) is 10.4. The molecular weight excluding hydrogens is 417 g/mol. The largest absolute Gasteiger partial charge is 0.481 e. The van der Waals surface area contributed by atoms with Gasteiger partial charge in [0.2, 0.25) is 5.95 Å². The van der Waals surface area contributed by atoms with Gasteiger partial charge < -0.3 is 19.7 Å². The van der Waals surface area contributed by atoms with Gasteiger partial charge in [-0.05, 0) is 30.7 Å². The molecule has 1 fully saturated rings. The number of aryl methyl sites for hydroxylation is 1. The number of halogens is 1. The highest BCUT2D eigenvalue weighted by Gasteiger charge is 2.32. The predicted octanol–water partition coefficient (Wildman–Crippen LogP) is 2.38. The van der Waals surface area contributed by atoms with E-state index in [2.05, 4.69) is 9.97 Å². The van der Waals surface area contributed by atoms with Crippen molar-refractivity contribution >= 4 is 28.8 Å². The molecule has 9 nitrogen and oxygen atoms in total. The molecule has 2 N–H and O–H groups in total. The number of benzene rings is 1. The Labute approximate surface area is 183 Å². The third kappa shape index (κ3) is 4.54. The summed E-state index contributed by atoms with van der Waals surface area (Å²) in [5.74, 6) is -1.83. The van der Waals surface area contributed by atoms with Crippen LogP contribution < -0.4 is 4.90 Å². The minimum Gasteiger partial charge on any atom is -0.481 e. The molecule has 10 heteroatoms. The fourth-order valence-electron chi connectivity index (χ4n) is 4.25. The number of fused-ring (bicyclic) bond motifs is 1. The first kappa shape index (κ1) is 21.7. The van der Waals surface area contributed by atoms with Crippen LogP contribution in [0.4, 0.5) is 10.3 Å². The van der Waals surface area contributed by atoms with E-state index in [1.165, 1.54) is 12.1 Å². The van der Waals surface area contributed by atoms with Crippen molar-refractivity contribution in [1.29, 1.82) is 0 Å². The first-order valence-electron chi connectivity index (χ1n) is 10.4. The zero-order valence-electron chi connectivity index (χ0n) is 17.4. The number of anilines is 1. The Morgan fingerprint density at radius 3 is 2.59 bits per heavy atom. The van der Waals surface area contributed by atoms with Crippen LogP contribution >= 0.6 is 0 Å². The molecule has 32 heavy (non-hydrogen) atoms. The third-order valence-electron chi connectivity index (χ3n) is 5.70. The van der Waals surface area contributed by atoms with Crippen LogP contribution in [0.25, 0.3) is 10.9 Å². The van der Waals surface area contributed by atoms with Crippen molar-refractivity contribution in [2.75, 3.05) is 31.1 Å². The Bertz CT molecular complexity index is 1120. The minimum absolute atomic E-state index is 0.126. The highest BCUT2D eigenvalue weighted by Crippen LogP contribution is 2.32. The van der Waals surface area contributed by atoms with Crippen LogP contribution in [0.1, 0.15) is 24.4 Å². The van der Waals surface area contributed by atoms with Crippen molar-refractivity contribution < 1.29 is 24.2 Å². The molecule has 0 saturated carbocycles. The fourth-order valence-corrected chi connectivity index (χ4v) is 4.25. The summed E-state index contributed by atoms with van der Waals surface area (Å²) >= 11 is 0. The monoisotopic (exact) mass is 441 g/mol. The summed E-state index contributed by atoms with van der Waals surface area (Å²) in [7, 11) is 0. The topological polar surface area (TPSA) is 112 Å². The van der Waals surface area contributed by atoms with Crippen LogP contribution in [-0.4, -0.2) is 67.8 Å². The van der Waals surface area contributed by atoms with E-state index in [0.717, 1.165) is 6.42 Å². The van der Waals surface area contributed by atoms with Crippen molar-refractivity contribution in [3.8, 4) is 0 Å². The summed E-state index contributed by atoms with van der Waals surface area (Å²) in [6.45, 7) is 2.45. The van der Waals surface area contributed by atoms with Crippen molar-refractivity contribution in [2.45, 2.75) is 25.4 Å². The number of hydrogen-bond acceptors (Lipinski definition) is 6. The SMILES string of the molecule is O=C(O)CCn1cc(C(C(=O)O)N2CCCN(c3ncccn3)CC2)c2ccc(F)cc21. The molecule has 3 heterocycles. The summed E-state index contributed by atoms with van der Waals surface area (Å²) < 4.78 is 15.5. The molecule has 0 spiro atoms. The summed E-state index contributed by atoms with van der Waals surface area (Å²) in [4.78, 5) is 35.9. The minimum atomic E-state index is -1.00. The van der Waals surface area contributed by atoms with E-state index < -0.39 is 23.8 Å². The smallest absolute Gasteiger partial charge is 0.325 e. The zero-order chi connectivity index (χ0) is 22.7. The number of nitrogens with zero attached hydrogens (tertiary/aromatic N) is 5. The van der Waals surface area contributed by atoms with Crippen LogP contribution in [0.5, 0.6) is 0 Å². The summed E-state index contributed by atoms with van der Waals surface area (Å²) in [6, 6.07) is 4.98. The van der Waals surface area contributed by atoms with E-state index in [0.29, 0.717) is 48.6 Å². The maximum atomic E-state index is 13.9. The molecule has 0 amide bonds. The Morgan fingerprint density at radius 2 is 1.88 bits per heavy atom. The van der Waals surface area contributed by atoms with E-state index >= 15 is 0 Å². The second-order valence-corrected chi connectivity index (χ2v) is 7.75. The van der Waals surface area contributed by atoms with Crippen LogP contribution in [0.3, 0.4) is 0 Å².